The number of ether oxygens (including phenoxy) is 1. The molecular weight excluding hydrogens is 276 g/mol. The largest absolute Gasteiger partial charge is 0.480 e. The Hall–Kier alpha value is -1.89. The molecule has 2 rings (SSSR count). The molecule has 7 nitrogen and oxygen atoms in total. The molecule has 1 aromatic heterocycles. The summed E-state index contributed by atoms with van der Waals surface area (Å²) < 4.78 is 10.2. The molecule has 0 aliphatic carbocycles. The van der Waals surface area contributed by atoms with Crippen molar-refractivity contribution in [3.63, 3.8) is 0 Å². The third kappa shape index (κ3) is 3.24. The number of carboxylic acids is 1. The fourth-order valence-corrected chi connectivity index (χ4v) is 2.54. The van der Waals surface area contributed by atoms with Crippen LogP contribution in [0.3, 0.4) is 0 Å². The zero-order valence-corrected chi connectivity index (χ0v) is 12.5. The van der Waals surface area contributed by atoms with E-state index in [2.05, 4.69) is 5.16 Å². The molecule has 0 radical (unpaired) electrons. The zero-order valence-electron chi connectivity index (χ0n) is 12.5. The molecular formula is C14H20N2O5. The topological polar surface area (TPSA) is 92.9 Å². The third-order valence-electron chi connectivity index (χ3n) is 3.81. The van der Waals surface area contributed by atoms with E-state index in [1.54, 1.807) is 13.8 Å². The van der Waals surface area contributed by atoms with E-state index in [1.165, 1.54) is 4.90 Å². The van der Waals surface area contributed by atoms with Crippen LogP contribution in [0, 0.1) is 19.8 Å². The maximum absolute atomic E-state index is 12.5. The van der Waals surface area contributed by atoms with E-state index in [0.29, 0.717) is 25.3 Å². The summed E-state index contributed by atoms with van der Waals surface area (Å²) in [7, 11) is 0. The van der Waals surface area contributed by atoms with Crippen molar-refractivity contribution >= 4 is 11.9 Å². The first kappa shape index (κ1) is 15.5. The molecule has 21 heavy (non-hydrogen) atoms. The molecule has 0 spiro atoms. The molecule has 1 saturated heterocycles. The van der Waals surface area contributed by atoms with Gasteiger partial charge in [-0.15, -0.1) is 0 Å². The highest BCUT2D eigenvalue weighted by molar-refractivity contribution is 5.85. The van der Waals surface area contributed by atoms with Crippen LogP contribution in [0.1, 0.15) is 23.9 Å². The number of carbonyl (C=O) groups excluding carboxylic acids is 1. The zero-order chi connectivity index (χ0) is 15.6. The number of morpholine rings is 1. The van der Waals surface area contributed by atoms with Gasteiger partial charge < -0.3 is 19.3 Å². The average molecular weight is 296 g/mol. The van der Waals surface area contributed by atoms with Gasteiger partial charge >= 0.3 is 5.97 Å². The lowest BCUT2D eigenvalue weighted by Crippen LogP contribution is -2.54. The monoisotopic (exact) mass is 296 g/mol. The summed E-state index contributed by atoms with van der Waals surface area (Å²) in [5, 5.41) is 13.1. The van der Waals surface area contributed by atoms with Gasteiger partial charge in [-0.05, 0) is 20.3 Å². The Morgan fingerprint density at radius 3 is 2.76 bits per heavy atom. The third-order valence-corrected chi connectivity index (χ3v) is 3.81. The predicted molar refractivity (Wildman–Crippen MR) is 72.8 cm³/mol. The highest BCUT2D eigenvalue weighted by Gasteiger charge is 2.35. The van der Waals surface area contributed by atoms with Crippen molar-refractivity contribution in [3.8, 4) is 0 Å². The van der Waals surface area contributed by atoms with Crippen molar-refractivity contribution in [2.24, 2.45) is 5.92 Å². The van der Waals surface area contributed by atoms with Crippen LogP contribution in [-0.2, 0) is 20.7 Å². The van der Waals surface area contributed by atoms with Crippen LogP contribution < -0.4 is 0 Å². The van der Waals surface area contributed by atoms with E-state index in [0.717, 1.165) is 11.3 Å². The van der Waals surface area contributed by atoms with Crippen molar-refractivity contribution in [3.05, 3.63) is 17.0 Å². The number of nitrogens with zero attached hydrogens (tertiary/aromatic N) is 2. The molecule has 1 fully saturated rings. The standard InChI is InChI=1S/C14H20N2O5/c1-8(6-11-9(2)15-21-10(11)3)13(17)16-4-5-20-7-12(16)14(18)19/h8,12H,4-7H2,1-3H3,(H,18,19)/t8-,12-/m0/s1. The molecule has 7 heteroatoms. The second kappa shape index (κ2) is 6.26. The molecule has 0 aromatic carbocycles. The average Bonchev–Trinajstić information content (AvgIpc) is 2.78. The van der Waals surface area contributed by atoms with Crippen molar-refractivity contribution in [1.82, 2.24) is 10.1 Å². The minimum absolute atomic E-state index is 0.0408. The Morgan fingerprint density at radius 1 is 1.48 bits per heavy atom. The number of rotatable bonds is 4. The summed E-state index contributed by atoms with van der Waals surface area (Å²) in [4.78, 5) is 25.1. The Balaban J connectivity index is 2.09. The van der Waals surface area contributed by atoms with Crippen LogP contribution in [0.5, 0.6) is 0 Å². The number of carboxylic acid groups (broad SMARTS) is 1. The van der Waals surface area contributed by atoms with Crippen LogP contribution in [0.4, 0.5) is 0 Å². The number of aryl methyl sites for hydroxylation is 2. The molecule has 0 saturated carbocycles. The summed E-state index contributed by atoms with van der Waals surface area (Å²) in [5.41, 5.74) is 1.68. The number of hydrogen-bond donors (Lipinski definition) is 1. The summed E-state index contributed by atoms with van der Waals surface area (Å²) in [6.07, 6.45) is 0.490. The van der Waals surface area contributed by atoms with E-state index in [4.69, 9.17) is 9.26 Å². The minimum atomic E-state index is -1.03. The first-order valence-corrected chi connectivity index (χ1v) is 6.94. The lowest BCUT2D eigenvalue weighted by Gasteiger charge is -2.34. The Labute approximate surface area is 122 Å². The van der Waals surface area contributed by atoms with E-state index in [1.807, 2.05) is 6.92 Å². The van der Waals surface area contributed by atoms with Crippen LogP contribution in [0.2, 0.25) is 0 Å². The van der Waals surface area contributed by atoms with Crippen LogP contribution >= 0.6 is 0 Å². The summed E-state index contributed by atoms with van der Waals surface area (Å²) in [5.74, 6) is -0.844. The molecule has 116 valence electrons. The number of aromatic nitrogens is 1. The van der Waals surface area contributed by atoms with Gasteiger partial charge in [0.05, 0.1) is 18.9 Å². The van der Waals surface area contributed by atoms with Crippen LogP contribution in [-0.4, -0.2) is 52.8 Å². The van der Waals surface area contributed by atoms with Gasteiger partial charge in [0.1, 0.15) is 5.76 Å². The SMILES string of the molecule is Cc1noc(C)c1C[C@H](C)C(=O)N1CCOC[C@H]1C(=O)O. The lowest BCUT2D eigenvalue weighted by atomic mass is 9.97. The van der Waals surface area contributed by atoms with E-state index in [-0.39, 0.29) is 18.4 Å². The fourth-order valence-electron chi connectivity index (χ4n) is 2.54. The van der Waals surface area contributed by atoms with Gasteiger partial charge in [-0.1, -0.05) is 12.1 Å². The highest BCUT2D eigenvalue weighted by atomic mass is 16.5. The van der Waals surface area contributed by atoms with Crippen molar-refractivity contribution < 1.29 is 24.0 Å². The second-order valence-corrected chi connectivity index (χ2v) is 5.37. The van der Waals surface area contributed by atoms with Crippen molar-refractivity contribution in [2.45, 2.75) is 33.2 Å². The maximum Gasteiger partial charge on any atom is 0.328 e. The van der Waals surface area contributed by atoms with Gasteiger partial charge in [-0.25, -0.2) is 4.79 Å². The van der Waals surface area contributed by atoms with Gasteiger partial charge in [0.25, 0.3) is 0 Å². The number of aliphatic carboxylic acids is 1. The quantitative estimate of drug-likeness (QED) is 0.882. The van der Waals surface area contributed by atoms with Gasteiger partial charge in [0, 0.05) is 18.0 Å². The smallest absolute Gasteiger partial charge is 0.328 e. The predicted octanol–water partition coefficient (Wildman–Crippen LogP) is 0.782. The first-order valence-electron chi connectivity index (χ1n) is 6.94. The lowest BCUT2D eigenvalue weighted by molar-refractivity contribution is -0.160. The number of amides is 1. The van der Waals surface area contributed by atoms with Gasteiger partial charge in [-0.2, -0.15) is 0 Å². The molecule has 0 unspecified atom stereocenters. The molecule has 0 bridgehead atoms. The number of hydrogen-bond acceptors (Lipinski definition) is 5. The summed E-state index contributed by atoms with van der Waals surface area (Å²) >= 11 is 0. The number of carbonyl (C=O) groups is 2. The Bertz CT molecular complexity index is 520. The Kier molecular flexibility index (Phi) is 4.62. The molecule has 1 aromatic rings. The Morgan fingerprint density at radius 2 is 2.19 bits per heavy atom. The molecule has 1 amide bonds. The molecule has 1 aliphatic heterocycles. The molecule has 2 atom stereocenters. The van der Waals surface area contributed by atoms with Crippen molar-refractivity contribution in [2.75, 3.05) is 19.8 Å². The maximum atomic E-state index is 12.5. The summed E-state index contributed by atoms with van der Waals surface area (Å²) in [6, 6.07) is -0.904. The van der Waals surface area contributed by atoms with Crippen LogP contribution in [0.15, 0.2) is 4.52 Å². The van der Waals surface area contributed by atoms with Crippen molar-refractivity contribution in [1.29, 1.82) is 0 Å². The molecule has 1 N–H and O–H groups in total. The normalized spacial score (nSPS) is 20.3. The second-order valence-electron chi connectivity index (χ2n) is 5.37. The fraction of sp³-hybridized carbons (Fsp3) is 0.643. The van der Waals surface area contributed by atoms with E-state index >= 15 is 0 Å². The van der Waals surface area contributed by atoms with Gasteiger partial charge in [0.15, 0.2) is 6.04 Å². The highest BCUT2D eigenvalue weighted by Crippen LogP contribution is 2.20. The van der Waals surface area contributed by atoms with Crippen LogP contribution in [0.25, 0.3) is 0 Å². The van der Waals surface area contributed by atoms with Gasteiger partial charge in [-0.3, -0.25) is 4.79 Å². The van der Waals surface area contributed by atoms with Gasteiger partial charge in [0.2, 0.25) is 5.91 Å². The minimum Gasteiger partial charge on any atom is -0.480 e. The first-order chi connectivity index (χ1) is 9.91. The van der Waals surface area contributed by atoms with E-state index in [9.17, 15) is 14.7 Å². The molecule has 1 aliphatic rings. The van der Waals surface area contributed by atoms with E-state index < -0.39 is 12.0 Å². The summed E-state index contributed by atoms with van der Waals surface area (Å²) in [6.45, 7) is 6.15. The molecule has 2 heterocycles.